The van der Waals surface area contributed by atoms with E-state index in [0.717, 1.165) is 25.1 Å². The second-order valence-electron chi connectivity index (χ2n) is 4.65. The molecule has 1 heterocycles. The number of nitrogens with zero attached hydrogens (tertiary/aromatic N) is 2. The molecule has 4 heteroatoms. The maximum Gasteiger partial charge on any atom is 0.160 e. The van der Waals surface area contributed by atoms with Gasteiger partial charge in [0.2, 0.25) is 0 Å². The van der Waals surface area contributed by atoms with Crippen LogP contribution in [0.4, 0.5) is 0 Å². The molecule has 0 spiro atoms. The van der Waals surface area contributed by atoms with Crippen molar-refractivity contribution >= 4 is 0 Å². The van der Waals surface area contributed by atoms with Crippen molar-refractivity contribution in [2.75, 3.05) is 14.2 Å². The largest absolute Gasteiger partial charge is 0.493 e. The zero-order chi connectivity index (χ0) is 12.8. The summed E-state index contributed by atoms with van der Waals surface area (Å²) < 4.78 is 7.48. The number of rotatable bonds is 7. The summed E-state index contributed by atoms with van der Waals surface area (Å²) in [6.07, 6.45) is 4.00. The van der Waals surface area contributed by atoms with Crippen LogP contribution in [0.3, 0.4) is 0 Å². The van der Waals surface area contributed by atoms with E-state index < -0.39 is 0 Å². The molecule has 1 N–H and O–H groups in total. The standard InChI is InChI=1S/C13H25N3O/c1-6-7-16-13(12(17-5)9-15-16)10(2)8-11(3)14-4/h9-11,14H,6-8H2,1-5H3. The van der Waals surface area contributed by atoms with E-state index in [-0.39, 0.29) is 0 Å². The van der Waals surface area contributed by atoms with E-state index in [1.165, 1.54) is 5.69 Å². The average molecular weight is 239 g/mol. The molecule has 0 amide bonds. The predicted molar refractivity (Wildman–Crippen MR) is 70.6 cm³/mol. The van der Waals surface area contributed by atoms with Gasteiger partial charge in [0.1, 0.15) is 0 Å². The van der Waals surface area contributed by atoms with Gasteiger partial charge in [0.15, 0.2) is 5.75 Å². The maximum atomic E-state index is 5.40. The Morgan fingerprint density at radius 3 is 2.71 bits per heavy atom. The fourth-order valence-corrected chi connectivity index (χ4v) is 2.18. The van der Waals surface area contributed by atoms with E-state index in [9.17, 15) is 0 Å². The minimum atomic E-state index is 0.446. The van der Waals surface area contributed by atoms with Crippen molar-refractivity contribution in [3.05, 3.63) is 11.9 Å². The summed E-state index contributed by atoms with van der Waals surface area (Å²) in [7, 11) is 3.71. The summed E-state index contributed by atoms with van der Waals surface area (Å²) in [5.74, 6) is 1.36. The molecule has 0 aliphatic rings. The molecule has 2 atom stereocenters. The fourth-order valence-electron chi connectivity index (χ4n) is 2.18. The highest BCUT2D eigenvalue weighted by molar-refractivity contribution is 5.28. The van der Waals surface area contributed by atoms with Crippen LogP contribution in [0.15, 0.2) is 6.20 Å². The van der Waals surface area contributed by atoms with Gasteiger partial charge in [-0.1, -0.05) is 13.8 Å². The molecule has 0 saturated heterocycles. The quantitative estimate of drug-likeness (QED) is 0.794. The van der Waals surface area contributed by atoms with E-state index in [4.69, 9.17) is 4.74 Å². The van der Waals surface area contributed by atoms with Gasteiger partial charge in [0.25, 0.3) is 0 Å². The zero-order valence-electron chi connectivity index (χ0n) is 11.7. The molecule has 17 heavy (non-hydrogen) atoms. The van der Waals surface area contributed by atoms with Crippen molar-refractivity contribution in [1.29, 1.82) is 0 Å². The number of methoxy groups -OCH3 is 1. The number of ether oxygens (including phenoxy) is 1. The number of aromatic nitrogens is 2. The van der Waals surface area contributed by atoms with Gasteiger partial charge < -0.3 is 10.1 Å². The molecule has 98 valence electrons. The highest BCUT2D eigenvalue weighted by atomic mass is 16.5. The van der Waals surface area contributed by atoms with Gasteiger partial charge in [0, 0.05) is 18.5 Å². The topological polar surface area (TPSA) is 39.1 Å². The lowest BCUT2D eigenvalue weighted by Gasteiger charge is -2.19. The van der Waals surface area contributed by atoms with E-state index in [0.29, 0.717) is 12.0 Å². The van der Waals surface area contributed by atoms with Crippen LogP contribution in [0.5, 0.6) is 5.75 Å². The first-order valence-electron chi connectivity index (χ1n) is 6.40. The Morgan fingerprint density at radius 1 is 1.47 bits per heavy atom. The third kappa shape index (κ3) is 3.46. The third-order valence-electron chi connectivity index (χ3n) is 3.17. The molecule has 2 unspecified atom stereocenters. The van der Waals surface area contributed by atoms with E-state index in [1.807, 2.05) is 13.2 Å². The van der Waals surface area contributed by atoms with Crippen molar-refractivity contribution < 1.29 is 4.74 Å². The van der Waals surface area contributed by atoms with Crippen LogP contribution >= 0.6 is 0 Å². The van der Waals surface area contributed by atoms with Gasteiger partial charge in [-0.25, -0.2) is 0 Å². The van der Waals surface area contributed by atoms with Gasteiger partial charge in [-0.2, -0.15) is 5.10 Å². The molecule has 0 bridgehead atoms. The Labute approximate surface area is 104 Å². The lowest BCUT2D eigenvalue weighted by molar-refractivity contribution is 0.394. The van der Waals surface area contributed by atoms with E-state index in [2.05, 4.69) is 35.9 Å². The van der Waals surface area contributed by atoms with Gasteiger partial charge in [-0.15, -0.1) is 0 Å². The molecule has 4 nitrogen and oxygen atoms in total. The van der Waals surface area contributed by atoms with Gasteiger partial charge in [-0.05, 0) is 26.8 Å². The normalized spacial score (nSPS) is 14.6. The van der Waals surface area contributed by atoms with Gasteiger partial charge >= 0.3 is 0 Å². The molecule has 1 rings (SSSR count). The number of aryl methyl sites for hydroxylation is 1. The molecule has 0 saturated carbocycles. The summed E-state index contributed by atoms with van der Waals surface area (Å²) >= 11 is 0. The van der Waals surface area contributed by atoms with Crippen molar-refractivity contribution in [1.82, 2.24) is 15.1 Å². The number of nitrogens with one attached hydrogen (secondary N) is 1. The van der Waals surface area contributed by atoms with E-state index >= 15 is 0 Å². The molecule has 1 aromatic rings. The summed E-state index contributed by atoms with van der Waals surface area (Å²) in [6, 6.07) is 0.500. The summed E-state index contributed by atoms with van der Waals surface area (Å²) in [5, 5.41) is 7.68. The molecular formula is C13H25N3O. The Kier molecular flexibility index (Phi) is 5.48. The van der Waals surface area contributed by atoms with Gasteiger partial charge in [0.05, 0.1) is 19.0 Å². The van der Waals surface area contributed by atoms with Gasteiger partial charge in [-0.3, -0.25) is 4.68 Å². The Balaban J connectivity index is 2.88. The number of hydrogen-bond acceptors (Lipinski definition) is 3. The lowest BCUT2D eigenvalue weighted by Crippen LogP contribution is -2.24. The molecule has 0 fully saturated rings. The average Bonchev–Trinajstić information content (AvgIpc) is 2.72. The smallest absolute Gasteiger partial charge is 0.160 e. The Bertz CT molecular complexity index is 335. The fraction of sp³-hybridized carbons (Fsp3) is 0.769. The molecule has 0 aliphatic heterocycles. The van der Waals surface area contributed by atoms with Crippen LogP contribution < -0.4 is 10.1 Å². The first-order chi connectivity index (χ1) is 8.13. The van der Waals surface area contributed by atoms with Crippen molar-refractivity contribution in [3.8, 4) is 5.75 Å². The second-order valence-corrected chi connectivity index (χ2v) is 4.65. The number of hydrogen-bond donors (Lipinski definition) is 1. The highest BCUT2D eigenvalue weighted by Crippen LogP contribution is 2.29. The molecular weight excluding hydrogens is 214 g/mol. The van der Waals surface area contributed by atoms with Crippen LogP contribution in [0.1, 0.15) is 45.2 Å². The molecule has 1 aromatic heterocycles. The summed E-state index contributed by atoms with van der Waals surface area (Å²) in [6.45, 7) is 7.55. The van der Waals surface area contributed by atoms with Crippen molar-refractivity contribution in [2.45, 2.75) is 52.1 Å². The summed E-state index contributed by atoms with van der Waals surface area (Å²) in [5.41, 5.74) is 1.22. The van der Waals surface area contributed by atoms with Crippen molar-refractivity contribution in [3.63, 3.8) is 0 Å². The third-order valence-corrected chi connectivity index (χ3v) is 3.17. The van der Waals surface area contributed by atoms with Crippen LogP contribution in [-0.4, -0.2) is 30.0 Å². The predicted octanol–water partition coefficient (Wildman–Crippen LogP) is 2.40. The minimum absolute atomic E-state index is 0.446. The lowest BCUT2D eigenvalue weighted by atomic mass is 9.98. The zero-order valence-corrected chi connectivity index (χ0v) is 11.7. The van der Waals surface area contributed by atoms with Crippen LogP contribution in [0, 0.1) is 0 Å². The van der Waals surface area contributed by atoms with Crippen molar-refractivity contribution in [2.24, 2.45) is 0 Å². The maximum absolute atomic E-state index is 5.40. The van der Waals surface area contributed by atoms with Crippen LogP contribution in [0.2, 0.25) is 0 Å². The van der Waals surface area contributed by atoms with E-state index in [1.54, 1.807) is 7.11 Å². The first-order valence-corrected chi connectivity index (χ1v) is 6.40. The van der Waals surface area contributed by atoms with Crippen LogP contribution in [-0.2, 0) is 6.54 Å². The first kappa shape index (κ1) is 14.0. The Morgan fingerprint density at radius 2 is 2.18 bits per heavy atom. The molecule has 0 aliphatic carbocycles. The monoisotopic (exact) mass is 239 g/mol. The van der Waals surface area contributed by atoms with Crippen LogP contribution in [0.25, 0.3) is 0 Å². The SMILES string of the molecule is CCCn1ncc(OC)c1C(C)CC(C)NC. The second kappa shape index (κ2) is 6.64. The molecule has 0 radical (unpaired) electrons. The Hall–Kier alpha value is -1.03. The minimum Gasteiger partial charge on any atom is -0.493 e. The highest BCUT2D eigenvalue weighted by Gasteiger charge is 2.19. The molecule has 0 aromatic carbocycles. The summed E-state index contributed by atoms with van der Waals surface area (Å²) in [4.78, 5) is 0.